The predicted molar refractivity (Wildman–Crippen MR) is 52.7 cm³/mol. The molecule has 0 heterocycles. The van der Waals surface area contributed by atoms with Crippen LogP contribution in [0.2, 0.25) is 0 Å². The highest BCUT2D eigenvalue weighted by Crippen LogP contribution is 2.27. The van der Waals surface area contributed by atoms with E-state index in [0.717, 1.165) is 0 Å². The van der Waals surface area contributed by atoms with Crippen molar-refractivity contribution in [2.24, 2.45) is 0 Å². The van der Waals surface area contributed by atoms with Crippen LogP contribution in [0.5, 0.6) is 11.5 Å². The number of phenolic OH excluding ortho intramolecular Hbond substituents is 2. The van der Waals surface area contributed by atoms with Crippen LogP contribution in [0.15, 0.2) is 18.2 Å². The van der Waals surface area contributed by atoms with E-state index in [1.807, 2.05) is 0 Å². The minimum absolute atomic E-state index is 0.0289. The molecule has 1 atom stereocenters. The van der Waals surface area contributed by atoms with Crippen LogP contribution in [0.4, 0.5) is 0 Å². The van der Waals surface area contributed by atoms with E-state index in [1.54, 1.807) is 0 Å². The molecule has 15 heavy (non-hydrogen) atoms. The lowest BCUT2D eigenvalue weighted by Gasteiger charge is -2.10. The fourth-order valence-electron chi connectivity index (χ4n) is 1.12. The summed E-state index contributed by atoms with van der Waals surface area (Å²) in [5.41, 5.74) is 0.468. The van der Waals surface area contributed by atoms with Gasteiger partial charge in [-0.05, 0) is 17.7 Å². The molecule has 1 rings (SSSR count). The highest BCUT2D eigenvalue weighted by Gasteiger charge is 2.10. The number of hydrogen-bond acceptors (Lipinski definition) is 5. The van der Waals surface area contributed by atoms with Gasteiger partial charge in [0.25, 0.3) is 0 Å². The molecule has 6 heteroatoms. The maximum absolute atomic E-state index is 9.58. The highest BCUT2D eigenvalue weighted by atomic mass is 16.3. The van der Waals surface area contributed by atoms with Gasteiger partial charge in [0.05, 0.1) is 6.10 Å². The lowest BCUT2D eigenvalue weighted by Crippen LogP contribution is -2.20. The van der Waals surface area contributed by atoms with Gasteiger partial charge in [-0.15, -0.1) is 0 Å². The number of aromatic hydroxyl groups is 2. The molecule has 0 aromatic heterocycles. The van der Waals surface area contributed by atoms with Crippen molar-refractivity contribution in [1.29, 1.82) is 5.39 Å². The van der Waals surface area contributed by atoms with Crippen molar-refractivity contribution >= 4 is 0 Å². The Morgan fingerprint density at radius 2 is 2.07 bits per heavy atom. The van der Waals surface area contributed by atoms with E-state index < -0.39 is 6.10 Å². The lowest BCUT2D eigenvalue weighted by atomic mass is 10.1. The Bertz CT molecular complexity index is 375. The van der Waals surface area contributed by atoms with Crippen molar-refractivity contribution in [3.63, 3.8) is 0 Å². The van der Waals surface area contributed by atoms with Crippen LogP contribution in [0.1, 0.15) is 11.7 Å². The first kappa shape index (κ1) is 11.2. The summed E-state index contributed by atoms with van der Waals surface area (Å²) in [6, 6.07) is 4.07. The molecule has 0 radical (unpaired) electrons. The third-order valence-electron chi connectivity index (χ3n) is 1.90. The molecule has 1 unspecified atom stereocenters. The van der Waals surface area contributed by atoms with E-state index in [0.29, 0.717) is 5.56 Å². The molecule has 1 aromatic carbocycles. The van der Waals surface area contributed by atoms with E-state index in [9.17, 15) is 10.2 Å². The first-order valence-electron chi connectivity index (χ1n) is 4.36. The molecule has 0 fully saturated rings. The Hall–Kier alpha value is -1.84. The van der Waals surface area contributed by atoms with Crippen LogP contribution in [0.3, 0.4) is 0 Å². The molecule has 0 spiro atoms. The van der Waals surface area contributed by atoms with Crippen LogP contribution in [0, 0.1) is 5.39 Å². The third-order valence-corrected chi connectivity index (χ3v) is 1.90. The normalized spacial score (nSPS) is 12.0. The number of phenols is 2. The van der Waals surface area contributed by atoms with Crippen LogP contribution >= 0.6 is 0 Å². The summed E-state index contributed by atoms with van der Waals surface area (Å²) < 4.78 is 0. The first-order chi connectivity index (χ1) is 7.15. The van der Waals surface area contributed by atoms with E-state index in [-0.39, 0.29) is 24.7 Å². The first-order valence-corrected chi connectivity index (χ1v) is 4.36. The molecule has 0 aliphatic carbocycles. The molecular weight excluding hydrogens is 198 g/mol. The smallest absolute Gasteiger partial charge is 0.360 e. The Kier molecular flexibility index (Phi) is 3.85. The van der Waals surface area contributed by atoms with Crippen LogP contribution < -0.4 is 5.32 Å². The number of aliphatic hydroxyl groups is 1. The molecule has 6 nitrogen and oxygen atoms in total. The molecule has 0 aliphatic rings. The van der Waals surface area contributed by atoms with Crippen LogP contribution in [-0.4, -0.2) is 28.5 Å². The topological polar surface area (TPSA) is 101 Å². The zero-order valence-electron chi connectivity index (χ0n) is 7.96. The molecule has 0 bridgehead atoms. The van der Waals surface area contributed by atoms with Gasteiger partial charge in [0.1, 0.15) is 4.98 Å². The van der Waals surface area contributed by atoms with Gasteiger partial charge in [-0.2, -0.15) is 0 Å². The van der Waals surface area contributed by atoms with Gasteiger partial charge in [0.2, 0.25) is 5.39 Å². The Morgan fingerprint density at radius 1 is 1.33 bits per heavy atom. The lowest BCUT2D eigenvalue weighted by molar-refractivity contribution is 0.175. The zero-order valence-corrected chi connectivity index (χ0v) is 7.96. The number of hydrogen-bond donors (Lipinski definition) is 4. The summed E-state index contributed by atoms with van der Waals surface area (Å²) in [7, 11) is 0. The van der Waals surface area contributed by atoms with Crippen LogP contribution in [-0.2, 0) is 0 Å². The number of benzene rings is 1. The average molecular weight is 210 g/mol. The highest BCUT2D eigenvalue weighted by molar-refractivity contribution is 5.41. The number of nitrogens with one attached hydrogen (secondary N) is 1. The molecule has 4 N–H and O–H groups in total. The zero-order chi connectivity index (χ0) is 11.3. The quantitative estimate of drug-likeness (QED) is 0.330. The van der Waals surface area contributed by atoms with Gasteiger partial charge in [-0.3, -0.25) is 0 Å². The fourth-order valence-corrected chi connectivity index (χ4v) is 1.12. The summed E-state index contributed by atoms with van der Waals surface area (Å²) in [6.07, 6.45) is -0.835. The van der Waals surface area contributed by atoms with Crippen molar-refractivity contribution in [2.75, 3.05) is 13.2 Å². The van der Waals surface area contributed by atoms with Gasteiger partial charge >= 0.3 is 6.67 Å². The van der Waals surface area contributed by atoms with Gasteiger partial charge in [0.15, 0.2) is 11.5 Å². The third kappa shape index (κ3) is 3.09. The van der Waals surface area contributed by atoms with Gasteiger partial charge in [-0.1, -0.05) is 6.07 Å². The van der Waals surface area contributed by atoms with Crippen molar-refractivity contribution in [3.8, 4) is 11.5 Å². The summed E-state index contributed by atoms with van der Waals surface area (Å²) in [5, 5.41) is 38.6. The Balaban J connectivity index is 2.62. The second-order valence-corrected chi connectivity index (χ2v) is 3.02. The van der Waals surface area contributed by atoms with Crippen molar-refractivity contribution in [3.05, 3.63) is 28.7 Å². The van der Waals surface area contributed by atoms with E-state index in [4.69, 9.17) is 10.5 Å². The molecule has 0 saturated heterocycles. The molecule has 0 aliphatic heterocycles. The summed E-state index contributed by atoms with van der Waals surface area (Å²) >= 11 is 0. The predicted octanol–water partition coefficient (Wildman–Crippen LogP) is 0.531. The standard InChI is InChI=1S/C9H11N3O3/c10-12-5-11-4-9(15)6-1-2-7(13)8(14)3-6/h1-3,9-11,15H,4-5H2/p+1. The summed E-state index contributed by atoms with van der Waals surface area (Å²) in [4.78, 5) is 2.82. The average Bonchev–Trinajstić information content (AvgIpc) is 2.22. The van der Waals surface area contributed by atoms with Crippen molar-refractivity contribution in [2.45, 2.75) is 6.10 Å². The monoisotopic (exact) mass is 210 g/mol. The number of diazo groups is 1. The molecule has 1 aromatic rings. The minimum Gasteiger partial charge on any atom is -0.504 e. The Morgan fingerprint density at radius 3 is 2.67 bits per heavy atom. The van der Waals surface area contributed by atoms with E-state index >= 15 is 0 Å². The second kappa shape index (κ2) is 5.14. The molecular formula is C9H12N3O3+. The van der Waals surface area contributed by atoms with Gasteiger partial charge in [-0.25, -0.2) is 5.32 Å². The number of nitrogens with zero attached hydrogens (tertiary/aromatic N) is 2. The molecule has 0 amide bonds. The van der Waals surface area contributed by atoms with E-state index in [2.05, 4.69) is 10.3 Å². The maximum atomic E-state index is 9.58. The number of aliphatic hydroxyl groups excluding tert-OH is 1. The van der Waals surface area contributed by atoms with Crippen molar-refractivity contribution < 1.29 is 15.3 Å². The maximum Gasteiger partial charge on any atom is 0.360 e. The van der Waals surface area contributed by atoms with E-state index in [1.165, 1.54) is 18.2 Å². The van der Waals surface area contributed by atoms with Gasteiger partial charge in [0, 0.05) is 6.54 Å². The molecule has 0 saturated carbocycles. The summed E-state index contributed by atoms with van der Waals surface area (Å²) in [5.74, 6) is -0.511. The Labute approximate surface area is 86.4 Å². The number of rotatable bonds is 4. The largest absolute Gasteiger partial charge is 0.504 e. The van der Waals surface area contributed by atoms with Crippen molar-refractivity contribution in [1.82, 2.24) is 5.32 Å². The van der Waals surface area contributed by atoms with Gasteiger partial charge < -0.3 is 15.3 Å². The minimum atomic E-state index is -0.835. The molecule has 80 valence electrons. The van der Waals surface area contributed by atoms with Crippen LogP contribution in [0.25, 0.3) is 4.98 Å². The second-order valence-electron chi connectivity index (χ2n) is 3.02. The summed E-state index contributed by atoms with van der Waals surface area (Å²) in [6.45, 7) is 0.218. The fraction of sp³-hybridized carbons (Fsp3) is 0.333. The SMILES string of the molecule is N#[N+]CNCC(O)c1ccc(O)c(O)c1.